The number of nitrogens with zero attached hydrogens (tertiary/aromatic N) is 2. The second-order valence-corrected chi connectivity index (χ2v) is 5.70. The van der Waals surface area contributed by atoms with Gasteiger partial charge in [-0.2, -0.15) is 0 Å². The standard InChI is InChI=1S/C16H21N3O3/c1-11-17-14-10-12(4-7-15(14)22-11)18-16(21)19(13-5-6-13)8-2-3-9-20/h4,7,10,13,20H,2-3,5-6,8-9H2,1H3,(H,18,21). The molecule has 0 spiro atoms. The molecule has 0 radical (unpaired) electrons. The Balaban J connectivity index is 1.67. The van der Waals surface area contributed by atoms with E-state index in [9.17, 15) is 4.79 Å². The van der Waals surface area contributed by atoms with Gasteiger partial charge in [0.05, 0.1) is 0 Å². The van der Waals surface area contributed by atoms with Gasteiger partial charge in [0.1, 0.15) is 5.52 Å². The first-order chi connectivity index (χ1) is 10.7. The molecule has 1 heterocycles. The number of unbranched alkanes of at least 4 members (excludes halogenated alkanes) is 1. The number of hydrogen-bond donors (Lipinski definition) is 2. The van der Waals surface area contributed by atoms with Crippen molar-refractivity contribution >= 4 is 22.8 Å². The van der Waals surface area contributed by atoms with E-state index in [0.29, 0.717) is 18.5 Å². The Morgan fingerprint density at radius 1 is 1.45 bits per heavy atom. The number of aliphatic hydroxyl groups is 1. The van der Waals surface area contributed by atoms with Crippen molar-refractivity contribution in [3.05, 3.63) is 24.1 Å². The lowest BCUT2D eigenvalue weighted by atomic mass is 10.3. The van der Waals surface area contributed by atoms with Crippen LogP contribution in [0.2, 0.25) is 0 Å². The summed E-state index contributed by atoms with van der Waals surface area (Å²) in [5.74, 6) is 0.613. The number of hydrogen-bond acceptors (Lipinski definition) is 4. The normalized spacial score (nSPS) is 14.3. The van der Waals surface area contributed by atoms with Crippen LogP contribution in [0, 0.1) is 6.92 Å². The summed E-state index contributed by atoms with van der Waals surface area (Å²) in [7, 11) is 0. The van der Waals surface area contributed by atoms with Gasteiger partial charge in [-0.05, 0) is 43.9 Å². The van der Waals surface area contributed by atoms with Crippen LogP contribution in [0.4, 0.5) is 10.5 Å². The maximum Gasteiger partial charge on any atom is 0.322 e. The van der Waals surface area contributed by atoms with Gasteiger partial charge in [-0.3, -0.25) is 0 Å². The molecule has 6 heteroatoms. The van der Waals surface area contributed by atoms with E-state index >= 15 is 0 Å². The van der Waals surface area contributed by atoms with Crippen molar-refractivity contribution in [2.24, 2.45) is 0 Å². The number of carbonyl (C=O) groups excluding carboxylic acids is 1. The molecular weight excluding hydrogens is 282 g/mol. The highest BCUT2D eigenvalue weighted by Gasteiger charge is 2.32. The minimum absolute atomic E-state index is 0.0833. The van der Waals surface area contributed by atoms with Gasteiger partial charge in [0.15, 0.2) is 11.5 Å². The smallest absolute Gasteiger partial charge is 0.322 e. The molecule has 22 heavy (non-hydrogen) atoms. The van der Waals surface area contributed by atoms with E-state index < -0.39 is 0 Å². The molecule has 1 aliphatic rings. The van der Waals surface area contributed by atoms with Crippen LogP contribution in [0.15, 0.2) is 22.6 Å². The molecule has 2 aromatic rings. The Morgan fingerprint density at radius 3 is 3.00 bits per heavy atom. The van der Waals surface area contributed by atoms with E-state index in [1.165, 1.54) is 0 Å². The zero-order valence-electron chi connectivity index (χ0n) is 12.7. The van der Waals surface area contributed by atoms with Gasteiger partial charge < -0.3 is 19.7 Å². The number of carbonyl (C=O) groups is 1. The number of amides is 2. The predicted octanol–water partition coefficient (Wildman–Crippen LogP) is 2.91. The maximum absolute atomic E-state index is 12.4. The average molecular weight is 303 g/mol. The highest BCUT2D eigenvalue weighted by molar-refractivity contribution is 5.92. The Kier molecular flexibility index (Phi) is 4.29. The molecule has 0 saturated heterocycles. The molecule has 0 bridgehead atoms. The third-order valence-electron chi connectivity index (χ3n) is 3.80. The van der Waals surface area contributed by atoms with Crippen LogP contribution in [0.25, 0.3) is 11.1 Å². The SMILES string of the molecule is Cc1nc2cc(NC(=O)N(CCCCO)C3CC3)ccc2o1. The fourth-order valence-electron chi connectivity index (χ4n) is 2.55. The number of aryl methyl sites for hydroxylation is 1. The first-order valence-corrected chi connectivity index (χ1v) is 7.73. The number of benzene rings is 1. The van der Waals surface area contributed by atoms with E-state index in [1.807, 2.05) is 23.1 Å². The van der Waals surface area contributed by atoms with Crippen LogP contribution in [0.5, 0.6) is 0 Å². The van der Waals surface area contributed by atoms with Crippen molar-refractivity contribution in [1.82, 2.24) is 9.88 Å². The summed E-state index contributed by atoms with van der Waals surface area (Å²) in [6, 6.07) is 5.72. The monoisotopic (exact) mass is 303 g/mol. The molecule has 2 amide bonds. The third-order valence-corrected chi connectivity index (χ3v) is 3.80. The Hall–Kier alpha value is -2.08. The number of aromatic nitrogens is 1. The predicted molar refractivity (Wildman–Crippen MR) is 83.8 cm³/mol. The molecule has 0 aliphatic heterocycles. The number of urea groups is 1. The lowest BCUT2D eigenvalue weighted by Crippen LogP contribution is -2.37. The van der Waals surface area contributed by atoms with Crippen molar-refractivity contribution in [1.29, 1.82) is 0 Å². The summed E-state index contributed by atoms with van der Waals surface area (Å²) in [4.78, 5) is 18.6. The third kappa shape index (κ3) is 3.39. The molecule has 6 nitrogen and oxygen atoms in total. The molecule has 1 fully saturated rings. The molecule has 2 N–H and O–H groups in total. The summed E-state index contributed by atoms with van der Waals surface area (Å²) in [5.41, 5.74) is 2.18. The van der Waals surface area contributed by atoms with Crippen molar-refractivity contribution in [3.8, 4) is 0 Å². The summed E-state index contributed by atoms with van der Waals surface area (Å²) in [5, 5.41) is 11.8. The largest absolute Gasteiger partial charge is 0.441 e. The van der Waals surface area contributed by atoms with Gasteiger partial charge in [-0.1, -0.05) is 0 Å². The second kappa shape index (κ2) is 6.36. The molecule has 1 aromatic heterocycles. The summed E-state index contributed by atoms with van der Waals surface area (Å²) >= 11 is 0. The molecule has 3 rings (SSSR count). The summed E-state index contributed by atoms with van der Waals surface area (Å²) in [6.45, 7) is 2.65. The zero-order valence-corrected chi connectivity index (χ0v) is 12.7. The van der Waals surface area contributed by atoms with E-state index in [1.54, 1.807) is 6.92 Å². The number of aliphatic hydroxyl groups excluding tert-OH is 1. The van der Waals surface area contributed by atoms with Crippen molar-refractivity contribution < 1.29 is 14.3 Å². The van der Waals surface area contributed by atoms with Gasteiger partial charge in [-0.15, -0.1) is 0 Å². The van der Waals surface area contributed by atoms with Gasteiger partial charge >= 0.3 is 6.03 Å². The van der Waals surface area contributed by atoms with Crippen LogP contribution >= 0.6 is 0 Å². The second-order valence-electron chi connectivity index (χ2n) is 5.70. The molecule has 1 saturated carbocycles. The molecule has 1 aliphatic carbocycles. The molecule has 1 aromatic carbocycles. The van der Waals surface area contributed by atoms with Crippen LogP contribution in [0.3, 0.4) is 0 Å². The Labute approximate surface area is 129 Å². The van der Waals surface area contributed by atoms with Gasteiger partial charge in [-0.25, -0.2) is 9.78 Å². The summed E-state index contributed by atoms with van der Waals surface area (Å²) < 4.78 is 5.43. The fraction of sp³-hybridized carbons (Fsp3) is 0.500. The van der Waals surface area contributed by atoms with Crippen LogP contribution in [0.1, 0.15) is 31.6 Å². The zero-order chi connectivity index (χ0) is 15.5. The minimum atomic E-state index is -0.0833. The number of anilines is 1. The minimum Gasteiger partial charge on any atom is -0.441 e. The first-order valence-electron chi connectivity index (χ1n) is 7.73. The first kappa shape index (κ1) is 14.8. The van der Waals surface area contributed by atoms with Crippen molar-refractivity contribution in [2.45, 2.75) is 38.6 Å². The lowest BCUT2D eigenvalue weighted by molar-refractivity contribution is 0.204. The number of oxazole rings is 1. The molecule has 118 valence electrons. The average Bonchev–Trinajstić information content (AvgIpc) is 3.24. The van der Waals surface area contributed by atoms with Crippen LogP contribution in [-0.4, -0.2) is 40.2 Å². The van der Waals surface area contributed by atoms with E-state index in [0.717, 1.165) is 42.5 Å². The Morgan fingerprint density at radius 2 is 2.27 bits per heavy atom. The van der Waals surface area contributed by atoms with Crippen molar-refractivity contribution in [2.75, 3.05) is 18.5 Å². The molecule has 0 unspecified atom stereocenters. The fourth-order valence-corrected chi connectivity index (χ4v) is 2.55. The van der Waals surface area contributed by atoms with Gasteiger partial charge in [0.2, 0.25) is 0 Å². The van der Waals surface area contributed by atoms with Crippen LogP contribution < -0.4 is 5.32 Å². The maximum atomic E-state index is 12.4. The molecule has 0 atom stereocenters. The van der Waals surface area contributed by atoms with E-state index in [2.05, 4.69) is 10.3 Å². The topological polar surface area (TPSA) is 78.6 Å². The quantitative estimate of drug-likeness (QED) is 0.804. The summed E-state index contributed by atoms with van der Waals surface area (Å²) in [6.07, 6.45) is 3.67. The molecular formula is C16H21N3O3. The van der Waals surface area contributed by atoms with E-state index in [4.69, 9.17) is 9.52 Å². The highest BCUT2D eigenvalue weighted by atomic mass is 16.3. The Bertz CT molecular complexity index is 664. The van der Waals surface area contributed by atoms with Crippen molar-refractivity contribution in [3.63, 3.8) is 0 Å². The van der Waals surface area contributed by atoms with Gasteiger partial charge in [0, 0.05) is 31.8 Å². The number of rotatable bonds is 6. The van der Waals surface area contributed by atoms with Gasteiger partial charge in [0.25, 0.3) is 0 Å². The number of nitrogens with one attached hydrogen (secondary N) is 1. The number of fused-ring (bicyclic) bond motifs is 1. The van der Waals surface area contributed by atoms with E-state index in [-0.39, 0.29) is 12.6 Å². The lowest BCUT2D eigenvalue weighted by Gasteiger charge is -2.22. The van der Waals surface area contributed by atoms with Crippen LogP contribution in [-0.2, 0) is 0 Å². The highest BCUT2D eigenvalue weighted by Crippen LogP contribution is 2.28.